The lowest BCUT2D eigenvalue weighted by molar-refractivity contribution is -0.122. The molecule has 7 heteroatoms. The Morgan fingerprint density at radius 3 is 2.65 bits per heavy atom. The summed E-state index contributed by atoms with van der Waals surface area (Å²) in [5.74, 6) is -0.998. The predicted molar refractivity (Wildman–Crippen MR) is 93.1 cm³/mol. The Morgan fingerprint density at radius 2 is 2.00 bits per heavy atom. The number of benzene rings is 1. The van der Waals surface area contributed by atoms with E-state index in [0.717, 1.165) is 5.69 Å². The van der Waals surface area contributed by atoms with Crippen molar-refractivity contribution >= 4 is 52.5 Å². The summed E-state index contributed by atoms with van der Waals surface area (Å²) in [7, 11) is 1.83. The number of nitrogens with one attached hydrogen (secondary N) is 1. The molecule has 116 valence electrons. The van der Waals surface area contributed by atoms with Crippen molar-refractivity contribution in [2.24, 2.45) is 7.05 Å². The molecule has 2 aromatic rings. The van der Waals surface area contributed by atoms with Crippen LogP contribution in [0.5, 0.6) is 0 Å². The highest BCUT2D eigenvalue weighted by atomic mass is 35.5. The third-order valence-corrected chi connectivity index (χ3v) is 3.96. The molecule has 23 heavy (non-hydrogen) atoms. The van der Waals surface area contributed by atoms with Crippen molar-refractivity contribution in [1.29, 1.82) is 0 Å². The molecule has 1 saturated heterocycles. The average Bonchev–Trinajstić information content (AvgIpc) is 2.88. The molecule has 3 rings (SSSR count). The summed E-state index contributed by atoms with van der Waals surface area (Å²) in [5.41, 5.74) is 1.26. The quantitative estimate of drug-likeness (QED) is 0.517. The lowest BCUT2D eigenvalue weighted by Gasteiger charge is -2.29. The third-order valence-electron chi connectivity index (χ3n) is 3.44. The molecule has 1 aliphatic heterocycles. The lowest BCUT2D eigenvalue weighted by Crippen LogP contribution is -2.54. The largest absolute Gasteiger partial charge is 0.351 e. The molecule has 0 saturated carbocycles. The maximum Gasteiger partial charge on any atom is 0.270 e. The number of carbonyl (C=O) groups excluding carboxylic acids is 2. The van der Waals surface area contributed by atoms with Crippen LogP contribution in [-0.4, -0.2) is 21.5 Å². The van der Waals surface area contributed by atoms with Crippen molar-refractivity contribution < 1.29 is 9.59 Å². The van der Waals surface area contributed by atoms with Crippen LogP contribution < -0.4 is 10.2 Å². The molecule has 1 aliphatic rings. The topological polar surface area (TPSA) is 54.3 Å². The van der Waals surface area contributed by atoms with Gasteiger partial charge in [0.05, 0.1) is 5.69 Å². The Morgan fingerprint density at radius 1 is 1.22 bits per heavy atom. The van der Waals surface area contributed by atoms with Gasteiger partial charge in [0.25, 0.3) is 11.8 Å². The van der Waals surface area contributed by atoms with Gasteiger partial charge < -0.3 is 4.57 Å². The summed E-state index contributed by atoms with van der Waals surface area (Å²) in [6, 6.07) is 10.4. The van der Waals surface area contributed by atoms with Gasteiger partial charge in [-0.05, 0) is 48.6 Å². The van der Waals surface area contributed by atoms with Crippen LogP contribution in [0.15, 0.2) is 48.2 Å². The number of halogens is 1. The van der Waals surface area contributed by atoms with Gasteiger partial charge in [0.15, 0.2) is 5.11 Å². The van der Waals surface area contributed by atoms with Gasteiger partial charge in [-0.15, -0.1) is 0 Å². The summed E-state index contributed by atoms with van der Waals surface area (Å²) >= 11 is 11.1. The van der Waals surface area contributed by atoms with Gasteiger partial charge in [0.1, 0.15) is 5.57 Å². The number of thiocarbonyl (C=S) groups is 1. The molecular weight excluding hydrogens is 334 g/mol. The molecular formula is C16H12ClN3O2S. The van der Waals surface area contributed by atoms with E-state index < -0.39 is 11.8 Å². The molecule has 0 aliphatic carbocycles. The zero-order valence-electron chi connectivity index (χ0n) is 12.1. The van der Waals surface area contributed by atoms with E-state index in [1.54, 1.807) is 24.3 Å². The van der Waals surface area contributed by atoms with Gasteiger partial charge >= 0.3 is 0 Å². The minimum absolute atomic E-state index is 0.0142. The monoisotopic (exact) mass is 345 g/mol. The highest BCUT2D eigenvalue weighted by Gasteiger charge is 2.34. The van der Waals surface area contributed by atoms with E-state index in [1.165, 1.54) is 11.0 Å². The van der Waals surface area contributed by atoms with E-state index in [4.69, 9.17) is 23.8 Å². The number of anilines is 1. The SMILES string of the molecule is Cn1cccc1/C=C1/C(=O)NC(=S)N(c2cccc(Cl)c2)C1=O. The van der Waals surface area contributed by atoms with Gasteiger partial charge in [-0.3, -0.25) is 19.8 Å². The molecule has 2 heterocycles. The zero-order valence-corrected chi connectivity index (χ0v) is 13.7. The van der Waals surface area contributed by atoms with E-state index in [0.29, 0.717) is 10.7 Å². The number of rotatable bonds is 2. The second kappa shape index (κ2) is 5.98. The molecule has 0 unspecified atom stereocenters. The Hall–Kier alpha value is -2.44. The molecule has 1 N–H and O–H groups in total. The fourth-order valence-corrected chi connectivity index (χ4v) is 2.74. The lowest BCUT2D eigenvalue weighted by atomic mass is 10.1. The number of amides is 2. The first-order chi connectivity index (χ1) is 11.0. The van der Waals surface area contributed by atoms with Gasteiger partial charge in [-0.25, -0.2) is 0 Å². The first-order valence-electron chi connectivity index (χ1n) is 6.76. The van der Waals surface area contributed by atoms with Gasteiger partial charge in [0.2, 0.25) is 0 Å². The first-order valence-corrected chi connectivity index (χ1v) is 7.54. The number of aromatic nitrogens is 1. The van der Waals surface area contributed by atoms with Crippen molar-refractivity contribution in [3.63, 3.8) is 0 Å². The van der Waals surface area contributed by atoms with E-state index in [-0.39, 0.29) is 10.7 Å². The van der Waals surface area contributed by atoms with E-state index in [2.05, 4.69) is 5.32 Å². The Bertz CT molecular complexity index is 857. The molecule has 0 atom stereocenters. The highest BCUT2D eigenvalue weighted by molar-refractivity contribution is 7.80. The molecule has 2 amide bonds. The second-order valence-corrected chi connectivity index (χ2v) is 5.80. The van der Waals surface area contributed by atoms with Crippen LogP contribution in [0.4, 0.5) is 5.69 Å². The summed E-state index contributed by atoms with van der Waals surface area (Å²) in [6.07, 6.45) is 3.37. The number of aryl methyl sites for hydroxylation is 1. The number of nitrogens with zero attached hydrogens (tertiary/aromatic N) is 2. The van der Waals surface area contributed by atoms with E-state index in [9.17, 15) is 9.59 Å². The van der Waals surface area contributed by atoms with Crippen LogP contribution in [-0.2, 0) is 16.6 Å². The predicted octanol–water partition coefficient (Wildman–Crippen LogP) is 2.51. The minimum Gasteiger partial charge on any atom is -0.351 e. The average molecular weight is 346 g/mol. The van der Waals surface area contributed by atoms with Crippen LogP contribution in [0.25, 0.3) is 6.08 Å². The molecule has 0 spiro atoms. The van der Waals surface area contributed by atoms with Crippen molar-refractivity contribution in [3.8, 4) is 0 Å². The number of carbonyl (C=O) groups is 2. The van der Waals surface area contributed by atoms with Crippen molar-refractivity contribution in [1.82, 2.24) is 9.88 Å². The highest BCUT2D eigenvalue weighted by Crippen LogP contribution is 2.24. The van der Waals surface area contributed by atoms with Crippen LogP contribution in [0, 0.1) is 0 Å². The van der Waals surface area contributed by atoms with Crippen molar-refractivity contribution in [3.05, 3.63) is 58.9 Å². The molecule has 0 radical (unpaired) electrons. The Labute approximate surface area is 143 Å². The molecule has 1 fully saturated rings. The van der Waals surface area contributed by atoms with E-state index in [1.807, 2.05) is 29.9 Å². The van der Waals surface area contributed by atoms with E-state index >= 15 is 0 Å². The van der Waals surface area contributed by atoms with Crippen molar-refractivity contribution in [2.75, 3.05) is 4.90 Å². The molecule has 0 bridgehead atoms. The zero-order chi connectivity index (χ0) is 16.6. The summed E-state index contributed by atoms with van der Waals surface area (Å²) in [5, 5.41) is 3.05. The summed E-state index contributed by atoms with van der Waals surface area (Å²) in [6.45, 7) is 0. The normalized spacial score (nSPS) is 16.9. The first kappa shape index (κ1) is 15.5. The van der Waals surface area contributed by atoms with Crippen LogP contribution >= 0.6 is 23.8 Å². The van der Waals surface area contributed by atoms with Gasteiger partial charge in [0, 0.05) is 24.0 Å². The maximum atomic E-state index is 12.8. The molecule has 5 nitrogen and oxygen atoms in total. The summed E-state index contributed by atoms with van der Waals surface area (Å²) in [4.78, 5) is 26.2. The number of hydrogen-bond donors (Lipinski definition) is 1. The van der Waals surface area contributed by atoms with Gasteiger partial charge in [-0.2, -0.15) is 0 Å². The van der Waals surface area contributed by atoms with Gasteiger partial charge in [-0.1, -0.05) is 17.7 Å². The second-order valence-electron chi connectivity index (χ2n) is 4.98. The smallest absolute Gasteiger partial charge is 0.270 e. The Kier molecular flexibility index (Phi) is 4.02. The summed E-state index contributed by atoms with van der Waals surface area (Å²) < 4.78 is 1.81. The Balaban J connectivity index is 2.04. The molecule has 1 aromatic carbocycles. The maximum absolute atomic E-state index is 12.8. The number of hydrogen-bond acceptors (Lipinski definition) is 3. The van der Waals surface area contributed by atoms with Crippen LogP contribution in [0.1, 0.15) is 5.69 Å². The third kappa shape index (κ3) is 2.91. The van der Waals surface area contributed by atoms with Crippen LogP contribution in [0.2, 0.25) is 5.02 Å². The van der Waals surface area contributed by atoms with Crippen LogP contribution in [0.3, 0.4) is 0 Å². The minimum atomic E-state index is -0.514. The standard InChI is InChI=1S/C16H12ClN3O2S/c1-19-7-3-6-11(19)9-13-14(21)18-16(23)20(15(13)22)12-5-2-4-10(17)8-12/h2-9H,1H3,(H,18,21,23)/b13-9-. The van der Waals surface area contributed by atoms with Crippen molar-refractivity contribution in [2.45, 2.75) is 0 Å². The fraction of sp³-hybridized carbons (Fsp3) is 0.0625. The molecule has 1 aromatic heterocycles. The fourth-order valence-electron chi connectivity index (χ4n) is 2.28.